The minimum absolute atomic E-state index is 0.0959. The number of esters is 1. The molecular weight excluding hydrogens is 388 g/mol. The highest BCUT2D eigenvalue weighted by Crippen LogP contribution is 2.26. The van der Waals surface area contributed by atoms with E-state index in [0.717, 1.165) is 11.1 Å². The lowest BCUT2D eigenvalue weighted by molar-refractivity contribution is 0.0429. The molecule has 0 bridgehead atoms. The van der Waals surface area contributed by atoms with E-state index in [9.17, 15) is 4.79 Å². The minimum Gasteiger partial charge on any atom is -0.496 e. The molecule has 0 fully saturated rings. The number of hydrogen-bond donors (Lipinski definition) is 0. The van der Waals surface area contributed by atoms with E-state index in [0.29, 0.717) is 21.6 Å². The van der Waals surface area contributed by atoms with Crippen LogP contribution in [0.3, 0.4) is 0 Å². The molecule has 1 heterocycles. The van der Waals surface area contributed by atoms with Gasteiger partial charge in [0.25, 0.3) is 5.89 Å². The Bertz CT molecular complexity index is 890. The number of methoxy groups -OCH3 is 1. The van der Waals surface area contributed by atoms with Gasteiger partial charge < -0.3 is 14.0 Å². The van der Waals surface area contributed by atoms with Crippen LogP contribution in [-0.4, -0.2) is 23.2 Å². The Labute approximate surface area is 152 Å². The van der Waals surface area contributed by atoms with Crippen molar-refractivity contribution < 1.29 is 18.8 Å². The monoisotopic (exact) mass is 402 g/mol. The second-order valence-corrected chi connectivity index (χ2v) is 6.16. The number of aromatic nitrogens is 2. The van der Waals surface area contributed by atoms with Gasteiger partial charge in [-0.1, -0.05) is 35.0 Å². The van der Waals surface area contributed by atoms with Crippen molar-refractivity contribution in [2.24, 2.45) is 0 Å². The maximum absolute atomic E-state index is 12.1. The highest BCUT2D eigenvalue weighted by Gasteiger charge is 2.14. The molecule has 0 spiro atoms. The zero-order valence-electron chi connectivity index (χ0n) is 13.7. The Morgan fingerprint density at radius 3 is 2.64 bits per heavy atom. The molecule has 1 aromatic heterocycles. The van der Waals surface area contributed by atoms with Crippen molar-refractivity contribution in [3.8, 4) is 17.1 Å². The molecule has 0 saturated carbocycles. The summed E-state index contributed by atoms with van der Waals surface area (Å²) in [6.07, 6.45) is 0. The maximum atomic E-state index is 12.1. The Morgan fingerprint density at radius 2 is 1.96 bits per heavy atom. The zero-order chi connectivity index (χ0) is 17.8. The lowest BCUT2D eigenvalue weighted by Crippen LogP contribution is -2.05. The number of carbonyl (C=O) groups is 1. The summed E-state index contributed by atoms with van der Waals surface area (Å²) in [7, 11) is 1.55. The third kappa shape index (κ3) is 4.06. The molecule has 0 amide bonds. The van der Waals surface area contributed by atoms with Gasteiger partial charge in [-0.15, -0.1) is 0 Å². The minimum atomic E-state index is -0.488. The average Bonchev–Trinajstić information content (AvgIpc) is 3.09. The van der Waals surface area contributed by atoms with Gasteiger partial charge in [-0.2, -0.15) is 4.98 Å². The van der Waals surface area contributed by atoms with E-state index in [-0.39, 0.29) is 12.5 Å². The second-order valence-electron chi connectivity index (χ2n) is 5.30. The SMILES string of the molecule is COc1ccc(C(=O)OCc2nc(-c3ccc(C)cc3)no2)cc1Br. The number of aryl methyl sites for hydroxylation is 1. The van der Waals surface area contributed by atoms with E-state index in [1.165, 1.54) is 0 Å². The quantitative estimate of drug-likeness (QED) is 0.596. The number of ether oxygens (including phenoxy) is 2. The number of nitrogens with zero attached hydrogens (tertiary/aromatic N) is 2. The van der Waals surface area contributed by atoms with Gasteiger partial charge >= 0.3 is 5.97 Å². The summed E-state index contributed by atoms with van der Waals surface area (Å²) in [6.45, 7) is 1.91. The largest absolute Gasteiger partial charge is 0.496 e. The number of rotatable bonds is 5. The molecule has 25 heavy (non-hydrogen) atoms. The van der Waals surface area contributed by atoms with Crippen LogP contribution in [-0.2, 0) is 11.3 Å². The molecule has 0 saturated heterocycles. The van der Waals surface area contributed by atoms with Crippen LogP contribution in [0.4, 0.5) is 0 Å². The van der Waals surface area contributed by atoms with E-state index in [4.69, 9.17) is 14.0 Å². The lowest BCUT2D eigenvalue weighted by Gasteiger charge is -2.05. The summed E-state index contributed by atoms with van der Waals surface area (Å²) < 4.78 is 16.1. The van der Waals surface area contributed by atoms with Crippen molar-refractivity contribution in [1.29, 1.82) is 0 Å². The number of hydrogen-bond acceptors (Lipinski definition) is 6. The van der Waals surface area contributed by atoms with Gasteiger partial charge in [0, 0.05) is 5.56 Å². The topological polar surface area (TPSA) is 74.5 Å². The highest BCUT2D eigenvalue weighted by molar-refractivity contribution is 9.10. The summed E-state index contributed by atoms with van der Waals surface area (Å²) in [5, 5.41) is 3.90. The van der Waals surface area contributed by atoms with Gasteiger partial charge in [0.1, 0.15) is 5.75 Å². The third-order valence-corrected chi connectivity index (χ3v) is 4.11. The second kappa shape index (κ2) is 7.48. The van der Waals surface area contributed by atoms with Crippen LogP contribution in [0.1, 0.15) is 21.8 Å². The van der Waals surface area contributed by atoms with Gasteiger partial charge in [0.05, 0.1) is 17.1 Å². The molecule has 2 aromatic carbocycles. The van der Waals surface area contributed by atoms with Crippen LogP contribution < -0.4 is 4.74 Å². The number of carbonyl (C=O) groups excluding carboxylic acids is 1. The Kier molecular flexibility index (Phi) is 5.14. The van der Waals surface area contributed by atoms with E-state index in [1.54, 1.807) is 25.3 Å². The number of halogens is 1. The van der Waals surface area contributed by atoms with Crippen LogP contribution >= 0.6 is 15.9 Å². The average molecular weight is 403 g/mol. The van der Waals surface area contributed by atoms with Gasteiger partial charge in [-0.05, 0) is 41.1 Å². The van der Waals surface area contributed by atoms with Gasteiger partial charge in [0.2, 0.25) is 5.82 Å². The Hall–Kier alpha value is -2.67. The van der Waals surface area contributed by atoms with Gasteiger partial charge in [-0.3, -0.25) is 0 Å². The van der Waals surface area contributed by atoms with Crippen LogP contribution in [0.25, 0.3) is 11.4 Å². The molecule has 6 nitrogen and oxygen atoms in total. The van der Waals surface area contributed by atoms with Crippen molar-refractivity contribution in [1.82, 2.24) is 10.1 Å². The molecule has 0 N–H and O–H groups in total. The molecule has 0 aliphatic heterocycles. The summed E-state index contributed by atoms with van der Waals surface area (Å²) in [4.78, 5) is 16.3. The molecule has 0 aliphatic carbocycles. The van der Waals surface area contributed by atoms with E-state index >= 15 is 0 Å². The van der Waals surface area contributed by atoms with E-state index in [2.05, 4.69) is 26.1 Å². The molecule has 3 rings (SSSR count). The van der Waals surface area contributed by atoms with E-state index in [1.807, 2.05) is 31.2 Å². The predicted octanol–water partition coefficient (Wildman–Crippen LogP) is 4.17. The van der Waals surface area contributed by atoms with Crippen molar-refractivity contribution in [3.05, 3.63) is 64.0 Å². The van der Waals surface area contributed by atoms with Gasteiger partial charge in [0.15, 0.2) is 6.61 Å². The van der Waals surface area contributed by atoms with Crippen molar-refractivity contribution >= 4 is 21.9 Å². The van der Waals surface area contributed by atoms with Crippen LogP contribution in [0.5, 0.6) is 5.75 Å². The first-order chi connectivity index (χ1) is 12.1. The fourth-order valence-electron chi connectivity index (χ4n) is 2.14. The summed E-state index contributed by atoms with van der Waals surface area (Å²) >= 11 is 3.33. The number of benzene rings is 2. The Morgan fingerprint density at radius 1 is 1.20 bits per heavy atom. The molecule has 0 radical (unpaired) electrons. The standard InChI is InChI=1S/C18H15BrN2O4/c1-11-3-5-12(6-4-11)17-20-16(25-21-17)10-24-18(22)13-7-8-15(23-2)14(19)9-13/h3-9H,10H2,1-2H3. The van der Waals surface area contributed by atoms with Crippen molar-refractivity contribution in [2.45, 2.75) is 13.5 Å². The fraction of sp³-hybridized carbons (Fsp3) is 0.167. The van der Waals surface area contributed by atoms with Gasteiger partial charge in [-0.25, -0.2) is 4.79 Å². The molecular formula is C18H15BrN2O4. The molecule has 7 heteroatoms. The zero-order valence-corrected chi connectivity index (χ0v) is 15.2. The normalized spacial score (nSPS) is 10.5. The summed E-state index contributed by atoms with van der Waals surface area (Å²) in [6, 6.07) is 12.7. The lowest BCUT2D eigenvalue weighted by atomic mass is 10.1. The van der Waals surface area contributed by atoms with Crippen molar-refractivity contribution in [2.75, 3.05) is 7.11 Å². The van der Waals surface area contributed by atoms with Crippen molar-refractivity contribution in [3.63, 3.8) is 0 Å². The highest BCUT2D eigenvalue weighted by atomic mass is 79.9. The van der Waals surface area contributed by atoms with E-state index < -0.39 is 5.97 Å². The van der Waals surface area contributed by atoms with Crippen LogP contribution in [0, 0.1) is 6.92 Å². The Balaban J connectivity index is 1.65. The van der Waals surface area contributed by atoms with Crippen LogP contribution in [0.2, 0.25) is 0 Å². The fourth-order valence-corrected chi connectivity index (χ4v) is 2.68. The van der Waals surface area contributed by atoms with Crippen LogP contribution in [0.15, 0.2) is 51.5 Å². The molecule has 128 valence electrons. The molecule has 0 unspecified atom stereocenters. The molecule has 3 aromatic rings. The first-order valence-corrected chi connectivity index (χ1v) is 8.26. The summed E-state index contributed by atoms with van der Waals surface area (Å²) in [5.41, 5.74) is 2.38. The third-order valence-electron chi connectivity index (χ3n) is 3.49. The summed E-state index contributed by atoms with van der Waals surface area (Å²) in [5.74, 6) is 0.837. The predicted molar refractivity (Wildman–Crippen MR) is 94.3 cm³/mol. The molecule has 0 atom stereocenters. The first-order valence-electron chi connectivity index (χ1n) is 7.47. The smallest absolute Gasteiger partial charge is 0.338 e. The maximum Gasteiger partial charge on any atom is 0.338 e. The molecule has 0 aliphatic rings. The first kappa shape index (κ1) is 17.2.